The van der Waals surface area contributed by atoms with Crippen molar-refractivity contribution in [1.82, 2.24) is 0 Å². The summed E-state index contributed by atoms with van der Waals surface area (Å²) in [5.41, 5.74) is -1.35. The maximum atomic E-state index is 13.6. The first kappa shape index (κ1) is 37.0. The SMILES string of the molecule is C[C@@H]1O[C@@H](OC[C@H]2O[C@@H](Oc3c(-c4ccc(O)c(O)c4)oc4cc(O)cc(O)c4c3=O)[C@H](O)[C@@H](O)[C@@H]2O)[C@H](O)[C@H](O)[C@H]1O.O=S(=O)(O)O. The van der Waals surface area contributed by atoms with Gasteiger partial charge < -0.3 is 74.4 Å². The molecule has 20 nitrogen and oxygen atoms in total. The molecule has 48 heavy (non-hydrogen) atoms. The Balaban J connectivity index is 0.000000968. The van der Waals surface area contributed by atoms with E-state index < -0.39 is 124 Å². The molecule has 2 aliphatic heterocycles. The molecule has 0 saturated carbocycles. The van der Waals surface area contributed by atoms with Crippen molar-refractivity contribution in [3.05, 3.63) is 40.6 Å². The van der Waals surface area contributed by atoms with Crippen molar-refractivity contribution in [2.45, 2.75) is 68.3 Å². The summed E-state index contributed by atoms with van der Waals surface area (Å²) >= 11 is 0. The number of aliphatic hydroxyl groups excluding tert-OH is 6. The van der Waals surface area contributed by atoms with E-state index in [-0.39, 0.29) is 11.1 Å². The Hall–Kier alpha value is -3.84. The van der Waals surface area contributed by atoms with Crippen LogP contribution in [0.2, 0.25) is 0 Å². The lowest BCUT2D eigenvalue weighted by atomic mass is 9.98. The molecule has 266 valence electrons. The van der Waals surface area contributed by atoms with Crippen LogP contribution in [-0.4, -0.2) is 137 Å². The third kappa shape index (κ3) is 8.06. The Morgan fingerprint density at radius 1 is 0.750 bits per heavy atom. The standard InChI is InChI=1S/C27H30O16.H2O4S/c1-8-17(32)20(35)22(37)26(40-8)39-7-15-18(33)21(36)23(38)27(42-15)43-25-19(34)16-13(31)5-10(28)6-14(16)41-24(25)9-2-3-11(29)12(30)4-9;1-5(2,3)4/h2-6,8,15,17-18,20-23,26-33,35-38H,7H2,1H3;(H2,1,2,3,4)/t8-,15+,17-,18+,20+,21-,22+,23+,26+,27-;/m0./s1. The number of phenolic OH excluding ortho intramolecular Hbond substituents is 4. The number of rotatable bonds is 6. The zero-order chi connectivity index (χ0) is 35.8. The molecule has 2 saturated heterocycles. The topological polar surface area (TPSA) is 344 Å². The van der Waals surface area contributed by atoms with Crippen molar-refractivity contribution in [2.75, 3.05) is 6.61 Å². The first-order valence-corrected chi connectivity index (χ1v) is 15.1. The van der Waals surface area contributed by atoms with Gasteiger partial charge in [0.1, 0.15) is 65.2 Å². The number of benzene rings is 2. The van der Waals surface area contributed by atoms with Gasteiger partial charge in [-0.2, -0.15) is 8.42 Å². The van der Waals surface area contributed by atoms with E-state index in [1.807, 2.05) is 0 Å². The quantitative estimate of drug-likeness (QED) is 0.0942. The number of hydrogen-bond acceptors (Lipinski definition) is 18. The van der Waals surface area contributed by atoms with Crippen LogP contribution in [-0.2, 0) is 24.6 Å². The summed E-state index contributed by atoms with van der Waals surface area (Å²) < 4.78 is 59.4. The zero-order valence-corrected chi connectivity index (χ0v) is 25.2. The second-order valence-electron chi connectivity index (χ2n) is 10.7. The number of aromatic hydroxyl groups is 4. The predicted octanol–water partition coefficient (Wildman–Crippen LogP) is -2.34. The minimum absolute atomic E-state index is 0.0313. The lowest BCUT2D eigenvalue weighted by molar-refractivity contribution is -0.318. The average Bonchev–Trinajstić information content (AvgIpc) is 2.99. The lowest BCUT2D eigenvalue weighted by Crippen LogP contribution is -2.61. The van der Waals surface area contributed by atoms with Crippen LogP contribution in [0, 0.1) is 0 Å². The van der Waals surface area contributed by atoms with Crippen LogP contribution in [0.4, 0.5) is 0 Å². The first-order valence-electron chi connectivity index (χ1n) is 13.7. The smallest absolute Gasteiger partial charge is 0.394 e. The molecule has 10 atom stereocenters. The van der Waals surface area contributed by atoms with Crippen molar-refractivity contribution < 1.29 is 92.0 Å². The van der Waals surface area contributed by atoms with E-state index in [0.29, 0.717) is 0 Å². The molecule has 3 aromatic rings. The Morgan fingerprint density at radius 2 is 1.35 bits per heavy atom. The maximum absolute atomic E-state index is 13.6. The molecule has 12 N–H and O–H groups in total. The number of ether oxygens (including phenoxy) is 4. The summed E-state index contributed by atoms with van der Waals surface area (Å²) in [4.78, 5) is 13.6. The normalized spacial score (nSPS) is 30.8. The van der Waals surface area contributed by atoms with E-state index in [0.717, 1.165) is 24.3 Å². The van der Waals surface area contributed by atoms with Gasteiger partial charge in [0.05, 0.1) is 12.7 Å². The summed E-state index contributed by atoms with van der Waals surface area (Å²) in [6.45, 7) is 0.818. The molecule has 21 heteroatoms. The monoisotopic (exact) mass is 708 g/mol. The van der Waals surface area contributed by atoms with E-state index >= 15 is 0 Å². The van der Waals surface area contributed by atoms with Crippen molar-refractivity contribution >= 4 is 21.4 Å². The molecule has 5 rings (SSSR count). The summed E-state index contributed by atoms with van der Waals surface area (Å²) in [6, 6.07) is 5.24. The van der Waals surface area contributed by atoms with Gasteiger partial charge in [-0.1, -0.05) is 0 Å². The summed E-state index contributed by atoms with van der Waals surface area (Å²) in [7, 11) is -4.67. The number of fused-ring (bicyclic) bond motifs is 1. The largest absolute Gasteiger partial charge is 0.508 e. The molecular formula is C27H32O20S. The molecule has 0 bridgehead atoms. The van der Waals surface area contributed by atoms with E-state index in [1.165, 1.54) is 13.0 Å². The lowest BCUT2D eigenvalue weighted by Gasteiger charge is -2.42. The number of phenols is 4. The summed E-state index contributed by atoms with van der Waals surface area (Å²) in [6.07, 6.45) is -16.2. The van der Waals surface area contributed by atoms with Gasteiger partial charge in [0, 0.05) is 17.7 Å². The van der Waals surface area contributed by atoms with Gasteiger partial charge in [-0.05, 0) is 25.1 Å². The van der Waals surface area contributed by atoms with Gasteiger partial charge >= 0.3 is 10.4 Å². The van der Waals surface area contributed by atoms with Gasteiger partial charge in [-0.15, -0.1) is 0 Å². The average molecular weight is 709 g/mol. The second-order valence-corrected chi connectivity index (χ2v) is 11.6. The van der Waals surface area contributed by atoms with E-state index in [1.54, 1.807) is 0 Å². The van der Waals surface area contributed by atoms with Gasteiger partial charge in [-0.25, -0.2) is 0 Å². The van der Waals surface area contributed by atoms with Gasteiger partial charge in [0.25, 0.3) is 0 Å². The van der Waals surface area contributed by atoms with Crippen LogP contribution in [0.3, 0.4) is 0 Å². The predicted molar refractivity (Wildman–Crippen MR) is 154 cm³/mol. The number of aliphatic hydroxyl groups is 6. The fourth-order valence-electron chi connectivity index (χ4n) is 4.84. The van der Waals surface area contributed by atoms with Crippen LogP contribution >= 0.6 is 0 Å². The van der Waals surface area contributed by atoms with E-state index in [9.17, 15) is 55.9 Å². The molecule has 0 amide bonds. The Kier molecular flexibility index (Phi) is 11.0. The Labute approximate surface area is 269 Å². The molecule has 2 aromatic carbocycles. The van der Waals surface area contributed by atoms with Crippen LogP contribution in [0.1, 0.15) is 6.92 Å². The molecule has 0 unspecified atom stereocenters. The Bertz CT molecular complexity index is 1770. The number of hydrogen-bond donors (Lipinski definition) is 12. The molecule has 3 heterocycles. The molecule has 1 aromatic heterocycles. The maximum Gasteiger partial charge on any atom is 0.394 e. The highest BCUT2D eigenvalue weighted by Crippen LogP contribution is 2.39. The highest BCUT2D eigenvalue weighted by molar-refractivity contribution is 7.79. The fraction of sp³-hybridized carbons (Fsp3) is 0.444. The second kappa shape index (κ2) is 14.3. The molecule has 0 spiro atoms. The van der Waals surface area contributed by atoms with Crippen molar-refractivity contribution in [3.8, 4) is 40.1 Å². The highest BCUT2D eigenvalue weighted by Gasteiger charge is 2.47. The van der Waals surface area contributed by atoms with Crippen molar-refractivity contribution in [2.24, 2.45) is 0 Å². The van der Waals surface area contributed by atoms with Crippen molar-refractivity contribution in [3.63, 3.8) is 0 Å². The third-order valence-corrected chi connectivity index (χ3v) is 7.29. The van der Waals surface area contributed by atoms with Crippen LogP contribution < -0.4 is 10.2 Å². The molecule has 2 aliphatic rings. The minimum atomic E-state index is -4.67. The van der Waals surface area contributed by atoms with Gasteiger partial charge in [-0.3, -0.25) is 13.9 Å². The minimum Gasteiger partial charge on any atom is -0.508 e. The molecule has 0 aliphatic carbocycles. The molecule has 2 fully saturated rings. The van der Waals surface area contributed by atoms with Crippen molar-refractivity contribution in [1.29, 1.82) is 0 Å². The third-order valence-electron chi connectivity index (χ3n) is 7.29. The first-order chi connectivity index (χ1) is 22.3. The van der Waals surface area contributed by atoms with Crippen LogP contribution in [0.25, 0.3) is 22.3 Å². The van der Waals surface area contributed by atoms with Crippen LogP contribution in [0.5, 0.6) is 28.7 Å². The Morgan fingerprint density at radius 3 is 1.98 bits per heavy atom. The zero-order valence-electron chi connectivity index (χ0n) is 24.4. The summed E-state index contributed by atoms with van der Waals surface area (Å²) in [5.74, 6) is -3.33. The van der Waals surface area contributed by atoms with E-state index in [4.69, 9.17) is 40.9 Å². The highest BCUT2D eigenvalue weighted by atomic mass is 32.3. The van der Waals surface area contributed by atoms with E-state index in [2.05, 4.69) is 0 Å². The van der Waals surface area contributed by atoms with Crippen LogP contribution in [0.15, 0.2) is 39.5 Å². The molecular weight excluding hydrogens is 676 g/mol. The fourth-order valence-corrected chi connectivity index (χ4v) is 4.84. The summed E-state index contributed by atoms with van der Waals surface area (Å²) in [5, 5.41) is 101. The van der Waals surface area contributed by atoms with Gasteiger partial charge in [0.2, 0.25) is 17.5 Å². The molecule has 0 radical (unpaired) electrons. The van der Waals surface area contributed by atoms with Gasteiger partial charge in [0.15, 0.2) is 23.5 Å².